The van der Waals surface area contributed by atoms with Gasteiger partial charge in [0.1, 0.15) is 12.7 Å². The van der Waals surface area contributed by atoms with Crippen LogP contribution in [0, 0.1) is 0 Å². The molecule has 0 unspecified atom stereocenters. The predicted octanol–water partition coefficient (Wildman–Crippen LogP) is 3.00. The van der Waals surface area contributed by atoms with E-state index in [2.05, 4.69) is 9.97 Å². The Hall–Kier alpha value is -1.54. The van der Waals surface area contributed by atoms with Crippen molar-refractivity contribution in [2.45, 2.75) is 25.7 Å². The second kappa shape index (κ2) is 9.47. The highest BCUT2D eigenvalue weighted by molar-refractivity contribution is 8.76. The molecule has 0 aliphatic rings. The topological polar surface area (TPSA) is 69.8 Å². The fourth-order valence-corrected chi connectivity index (χ4v) is 3.93. The van der Waals surface area contributed by atoms with Crippen LogP contribution in [0.15, 0.2) is 37.4 Å². The van der Waals surface area contributed by atoms with E-state index in [1.807, 2.05) is 0 Å². The van der Waals surface area contributed by atoms with E-state index in [0.717, 1.165) is 24.3 Å². The number of carbonyl (C=O) groups is 2. The number of hydrogen-bond acceptors (Lipinski definition) is 6. The van der Waals surface area contributed by atoms with Gasteiger partial charge in [-0.1, -0.05) is 21.6 Å². The molecule has 0 saturated heterocycles. The summed E-state index contributed by atoms with van der Waals surface area (Å²) < 4.78 is 3.03. The monoisotopic (exact) mass is 338 g/mol. The Morgan fingerprint density at radius 1 is 0.818 bits per heavy atom. The standard InChI is InChI=1S/C14H18N4O2S2/c19-13(17-7-5-15-11-17)3-1-9-21-22-10-2-4-14(20)18-8-6-16-12-18/h5-8,11-12H,1-4,9-10H2. The largest absolute Gasteiger partial charge is 0.276 e. The summed E-state index contributed by atoms with van der Waals surface area (Å²) in [4.78, 5) is 31.1. The van der Waals surface area contributed by atoms with Crippen LogP contribution in [-0.4, -0.2) is 42.4 Å². The normalized spacial score (nSPS) is 10.7. The van der Waals surface area contributed by atoms with Crippen LogP contribution >= 0.6 is 21.6 Å². The molecule has 0 N–H and O–H groups in total. The molecular formula is C14H18N4O2S2. The smallest absolute Gasteiger partial charge is 0.231 e. The highest BCUT2D eigenvalue weighted by atomic mass is 33.1. The van der Waals surface area contributed by atoms with Gasteiger partial charge in [-0.05, 0) is 12.8 Å². The molecule has 2 heterocycles. The zero-order valence-corrected chi connectivity index (χ0v) is 13.8. The van der Waals surface area contributed by atoms with Crippen molar-refractivity contribution in [2.24, 2.45) is 0 Å². The molecule has 22 heavy (non-hydrogen) atoms. The van der Waals surface area contributed by atoms with Gasteiger partial charge < -0.3 is 0 Å². The van der Waals surface area contributed by atoms with E-state index in [1.165, 1.54) is 21.8 Å². The van der Waals surface area contributed by atoms with Crippen molar-refractivity contribution >= 4 is 33.4 Å². The van der Waals surface area contributed by atoms with Gasteiger partial charge in [0.05, 0.1) is 0 Å². The summed E-state index contributed by atoms with van der Waals surface area (Å²) in [5.41, 5.74) is 0. The Morgan fingerprint density at radius 3 is 1.64 bits per heavy atom. The Bertz CT molecular complexity index is 517. The number of aromatic nitrogens is 4. The molecule has 0 aliphatic heterocycles. The Labute approximate surface area is 137 Å². The molecular weight excluding hydrogens is 320 g/mol. The molecule has 118 valence electrons. The highest BCUT2D eigenvalue weighted by Crippen LogP contribution is 2.23. The van der Waals surface area contributed by atoms with Gasteiger partial charge in [0.25, 0.3) is 0 Å². The maximum Gasteiger partial charge on any atom is 0.231 e. The predicted molar refractivity (Wildman–Crippen MR) is 89.1 cm³/mol. The van der Waals surface area contributed by atoms with E-state index in [-0.39, 0.29) is 11.8 Å². The fraction of sp³-hybridized carbons (Fsp3) is 0.429. The number of rotatable bonds is 9. The summed E-state index contributed by atoms with van der Waals surface area (Å²) >= 11 is 0. The van der Waals surface area contributed by atoms with E-state index in [9.17, 15) is 9.59 Å². The van der Waals surface area contributed by atoms with Crippen LogP contribution in [0.2, 0.25) is 0 Å². The van der Waals surface area contributed by atoms with Gasteiger partial charge in [0, 0.05) is 49.1 Å². The van der Waals surface area contributed by atoms with E-state index in [1.54, 1.807) is 46.4 Å². The lowest BCUT2D eigenvalue weighted by Gasteiger charge is -2.03. The molecule has 0 atom stereocenters. The summed E-state index contributed by atoms with van der Waals surface area (Å²) in [6.07, 6.45) is 12.4. The van der Waals surface area contributed by atoms with Crippen LogP contribution in [-0.2, 0) is 0 Å². The highest BCUT2D eigenvalue weighted by Gasteiger charge is 2.05. The summed E-state index contributed by atoms with van der Waals surface area (Å²) in [5, 5.41) is 0. The second-order valence-electron chi connectivity index (χ2n) is 4.58. The summed E-state index contributed by atoms with van der Waals surface area (Å²) in [5.74, 6) is 2.02. The molecule has 0 spiro atoms. The zero-order valence-electron chi connectivity index (χ0n) is 12.1. The first-order chi connectivity index (χ1) is 10.8. The zero-order chi connectivity index (χ0) is 15.6. The fourth-order valence-electron chi connectivity index (χ4n) is 1.75. The van der Waals surface area contributed by atoms with Crippen molar-refractivity contribution in [3.8, 4) is 0 Å². The Morgan fingerprint density at radius 2 is 1.27 bits per heavy atom. The average Bonchev–Trinajstić information content (AvgIpc) is 3.22. The first-order valence-electron chi connectivity index (χ1n) is 7.04. The third-order valence-corrected chi connectivity index (χ3v) is 5.48. The molecule has 0 radical (unpaired) electrons. The minimum Gasteiger partial charge on any atom is -0.276 e. The lowest BCUT2D eigenvalue weighted by Crippen LogP contribution is -2.08. The summed E-state index contributed by atoms with van der Waals surface area (Å²) in [6.45, 7) is 0. The van der Waals surface area contributed by atoms with Crippen molar-refractivity contribution < 1.29 is 9.59 Å². The molecule has 0 bridgehead atoms. The summed E-state index contributed by atoms with van der Waals surface area (Å²) in [7, 11) is 3.50. The Balaban J connectivity index is 1.45. The van der Waals surface area contributed by atoms with Gasteiger partial charge in [0.15, 0.2) is 0 Å². The molecule has 6 nitrogen and oxygen atoms in total. The molecule has 0 fully saturated rings. The van der Waals surface area contributed by atoms with E-state index in [0.29, 0.717) is 12.8 Å². The first-order valence-corrected chi connectivity index (χ1v) is 9.53. The van der Waals surface area contributed by atoms with E-state index in [4.69, 9.17) is 0 Å². The second-order valence-corrected chi connectivity index (χ2v) is 7.28. The number of imidazole rings is 2. The van der Waals surface area contributed by atoms with Gasteiger partial charge >= 0.3 is 0 Å². The lowest BCUT2D eigenvalue weighted by molar-refractivity contribution is 0.0893. The van der Waals surface area contributed by atoms with Crippen molar-refractivity contribution in [3.05, 3.63) is 37.4 Å². The molecule has 0 saturated carbocycles. The van der Waals surface area contributed by atoms with Gasteiger partial charge in [-0.2, -0.15) is 0 Å². The lowest BCUT2D eigenvalue weighted by atomic mass is 10.3. The number of carbonyl (C=O) groups excluding carboxylic acids is 2. The molecule has 8 heteroatoms. The SMILES string of the molecule is O=C(CCCSSCCCC(=O)n1ccnc1)n1ccnc1. The van der Waals surface area contributed by atoms with Crippen LogP contribution < -0.4 is 0 Å². The van der Waals surface area contributed by atoms with Crippen LogP contribution in [0.4, 0.5) is 0 Å². The quantitative estimate of drug-likeness (QED) is 0.517. The first kappa shape index (κ1) is 16.8. The maximum atomic E-state index is 11.7. The van der Waals surface area contributed by atoms with Gasteiger partial charge in [-0.15, -0.1) is 0 Å². The minimum atomic E-state index is 0.0778. The van der Waals surface area contributed by atoms with Gasteiger partial charge in [-0.25, -0.2) is 9.97 Å². The van der Waals surface area contributed by atoms with Crippen molar-refractivity contribution in [1.29, 1.82) is 0 Å². The summed E-state index contributed by atoms with van der Waals surface area (Å²) in [6, 6.07) is 0. The maximum absolute atomic E-state index is 11.7. The molecule has 0 aliphatic carbocycles. The molecule has 2 rings (SSSR count). The van der Waals surface area contributed by atoms with Crippen LogP contribution in [0.5, 0.6) is 0 Å². The van der Waals surface area contributed by atoms with E-state index < -0.39 is 0 Å². The Kier molecular flexibility index (Phi) is 7.24. The third-order valence-electron chi connectivity index (χ3n) is 2.90. The van der Waals surface area contributed by atoms with Gasteiger partial charge in [-0.3, -0.25) is 18.7 Å². The number of hydrogen-bond donors (Lipinski definition) is 0. The van der Waals surface area contributed by atoms with Crippen LogP contribution in [0.3, 0.4) is 0 Å². The third kappa shape index (κ3) is 5.69. The van der Waals surface area contributed by atoms with Crippen molar-refractivity contribution in [1.82, 2.24) is 19.1 Å². The van der Waals surface area contributed by atoms with Crippen LogP contribution in [0.25, 0.3) is 0 Å². The van der Waals surface area contributed by atoms with Crippen molar-refractivity contribution in [3.63, 3.8) is 0 Å². The van der Waals surface area contributed by atoms with Crippen molar-refractivity contribution in [2.75, 3.05) is 11.5 Å². The minimum absolute atomic E-state index is 0.0778. The molecule has 0 amide bonds. The van der Waals surface area contributed by atoms with Crippen LogP contribution in [0.1, 0.15) is 35.3 Å². The molecule has 0 aromatic carbocycles. The average molecular weight is 338 g/mol. The van der Waals surface area contributed by atoms with E-state index >= 15 is 0 Å². The molecule has 2 aromatic heterocycles. The number of nitrogens with zero attached hydrogens (tertiary/aromatic N) is 4. The molecule has 2 aromatic rings. The van der Waals surface area contributed by atoms with Gasteiger partial charge in [0.2, 0.25) is 11.8 Å².